The summed E-state index contributed by atoms with van der Waals surface area (Å²) in [5.74, 6) is 0.385. The van der Waals surface area contributed by atoms with Crippen LogP contribution >= 0.6 is 0 Å². The molecule has 0 aliphatic heterocycles. The molecule has 5 rings (SSSR count). The summed E-state index contributed by atoms with van der Waals surface area (Å²) in [6, 6.07) is 14.5. The van der Waals surface area contributed by atoms with Gasteiger partial charge < -0.3 is 20.0 Å². The smallest absolute Gasteiger partial charge is 0.300 e. The van der Waals surface area contributed by atoms with Crippen LogP contribution in [0.15, 0.2) is 53.3 Å². The molecule has 5 aromatic rings. The van der Waals surface area contributed by atoms with Gasteiger partial charge in [0.1, 0.15) is 29.9 Å². The van der Waals surface area contributed by atoms with Crippen LogP contribution in [-0.4, -0.2) is 19.5 Å². The average molecular weight is 409 g/mol. The van der Waals surface area contributed by atoms with Gasteiger partial charge in [-0.2, -0.15) is 10.2 Å². The van der Waals surface area contributed by atoms with E-state index < -0.39 is 0 Å². The fourth-order valence-electron chi connectivity index (χ4n) is 3.85. The van der Waals surface area contributed by atoms with Gasteiger partial charge in [-0.05, 0) is 48.7 Å². The quantitative estimate of drug-likeness (QED) is 0.441. The number of rotatable bonds is 4. The van der Waals surface area contributed by atoms with Crippen molar-refractivity contribution in [1.82, 2.24) is 19.5 Å². The van der Waals surface area contributed by atoms with Gasteiger partial charge in [-0.25, -0.2) is 9.97 Å². The zero-order valence-electron chi connectivity index (χ0n) is 17.0. The predicted octanol–water partition coefficient (Wildman–Crippen LogP) is 4.71. The van der Waals surface area contributed by atoms with Crippen LogP contribution in [0.25, 0.3) is 33.3 Å². The Morgan fingerprint density at radius 2 is 1.97 bits per heavy atom. The number of fused-ring (bicyclic) bond motifs is 2. The highest BCUT2D eigenvalue weighted by Crippen LogP contribution is 2.33. The Bertz CT molecular complexity index is 1470. The molecular formula is C23H19N7O. The van der Waals surface area contributed by atoms with Crippen LogP contribution in [0.4, 0.5) is 17.5 Å². The van der Waals surface area contributed by atoms with E-state index in [4.69, 9.17) is 15.4 Å². The number of nitrogen functional groups attached to an aromatic ring is 1. The maximum Gasteiger partial charge on any atom is 0.300 e. The topological polar surface area (TPSA) is 119 Å². The fraction of sp³-hybridized carbons (Fsp3) is 0.130. The second-order valence-corrected chi connectivity index (χ2v) is 7.44. The predicted molar refractivity (Wildman–Crippen MR) is 120 cm³/mol. The number of nitriles is 1. The lowest BCUT2D eigenvalue weighted by Gasteiger charge is -2.04. The zero-order valence-corrected chi connectivity index (χ0v) is 17.0. The number of benzene rings is 2. The number of nitrogens with two attached hydrogens (primary N) is 1. The molecule has 0 unspecified atom stereocenters. The molecule has 0 saturated carbocycles. The molecule has 0 amide bonds. The highest BCUT2D eigenvalue weighted by molar-refractivity contribution is 6.00. The molecule has 0 fully saturated rings. The van der Waals surface area contributed by atoms with Crippen molar-refractivity contribution in [3.63, 3.8) is 0 Å². The third-order valence-corrected chi connectivity index (χ3v) is 5.19. The number of nitrogens with zero attached hydrogens (tertiary/aromatic N) is 5. The van der Waals surface area contributed by atoms with Gasteiger partial charge in [0.2, 0.25) is 0 Å². The molecule has 0 aliphatic carbocycles. The van der Waals surface area contributed by atoms with Crippen LogP contribution < -0.4 is 11.1 Å². The first-order valence-electron chi connectivity index (χ1n) is 9.75. The van der Waals surface area contributed by atoms with E-state index >= 15 is 0 Å². The van der Waals surface area contributed by atoms with Crippen molar-refractivity contribution in [2.75, 3.05) is 11.1 Å². The zero-order chi connectivity index (χ0) is 21.5. The van der Waals surface area contributed by atoms with Crippen LogP contribution in [0, 0.1) is 25.2 Å². The second-order valence-electron chi connectivity index (χ2n) is 7.44. The van der Waals surface area contributed by atoms with E-state index in [1.165, 1.54) is 6.33 Å². The molecule has 0 saturated heterocycles. The number of aryl methyl sites for hydroxylation is 2. The van der Waals surface area contributed by atoms with Gasteiger partial charge in [-0.1, -0.05) is 18.2 Å². The van der Waals surface area contributed by atoms with E-state index in [2.05, 4.69) is 32.4 Å². The summed E-state index contributed by atoms with van der Waals surface area (Å²) >= 11 is 0. The van der Waals surface area contributed by atoms with Crippen molar-refractivity contribution in [1.29, 1.82) is 5.26 Å². The Kier molecular flexibility index (Phi) is 4.30. The van der Waals surface area contributed by atoms with E-state index in [0.29, 0.717) is 17.5 Å². The number of oxazole rings is 1. The van der Waals surface area contributed by atoms with Gasteiger partial charge in [-0.15, -0.1) is 0 Å². The SMILES string of the molecule is Cc1cc(C)c2oc(Nc3ccc(-c4cn(CC#N)c5ncnc(N)c45)cc3)nc2c1. The van der Waals surface area contributed by atoms with E-state index in [0.717, 1.165) is 44.4 Å². The fourth-order valence-corrected chi connectivity index (χ4v) is 3.85. The number of anilines is 3. The van der Waals surface area contributed by atoms with E-state index in [1.807, 2.05) is 50.4 Å². The van der Waals surface area contributed by atoms with Crippen LogP contribution in [-0.2, 0) is 6.54 Å². The molecule has 31 heavy (non-hydrogen) atoms. The molecule has 152 valence electrons. The maximum atomic E-state index is 9.12. The molecule has 2 aromatic carbocycles. The Hall–Kier alpha value is -4.38. The van der Waals surface area contributed by atoms with Gasteiger partial charge in [0.25, 0.3) is 6.01 Å². The summed E-state index contributed by atoms with van der Waals surface area (Å²) in [4.78, 5) is 13.0. The number of hydrogen-bond donors (Lipinski definition) is 2. The summed E-state index contributed by atoms with van der Waals surface area (Å²) < 4.78 is 7.66. The first-order valence-corrected chi connectivity index (χ1v) is 9.75. The van der Waals surface area contributed by atoms with Crippen LogP contribution in [0.1, 0.15) is 11.1 Å². The highest BCUT2D eigenvalue weighted by atomic mass is 16.4. The molecule has 3 aromatic heterocycles. The van der Waals surface area contributed by atoms with Crippen molar-refractivity contribution >= 4 is 39.7 Å². The molecule has 0 aliphatic rings. The van der Waals surface area contributed by atoms with Crippen LogP contribution in [0.2, 0.25) is 0 Å². The summed E-state index contributed by atoms with van der Waals surface area (Å²) in [6.45, 7) is 4.23. The van der Waals surface area contributed by atoms with Crippen molar-refractivity contribution in [3.8, 4) is 17.2 Å². The Morgan fingerprint density at radius 3 is 2.74 bits per heavy atom. The second kappa shape index (κ2) is 7.15. The van der Waals surface area contributed by atoms with E-state index in [-0.39, 0.29) is 6.54 Å². The Labute approximate surface area is 178 Å². The maximum absolute atomic E-state index is 9.12. The first kappa shape index (κ1) is 18.6. The van der Waals surface area contributed by atoms with Crippen LogP contribution in [0.3, 0.4) is 0 Å². The van der Waals surface area contributed by atoms with Gasteiger partial charge in [0, 0.05) is 17.4 Å². The molecule has 3 N–H and O–H groups in total. The molecule has 8 nitrogen and oxygen atoms in total. The molecule has 0 bridgehead atoms. The van der Waals surface area contributed by atoms with Crippen molar-refractivity contribution in [2.24, 2.45) is 0 Å². The van der Waals surface area contributed by atoms with Gasteiger partial charge in [-0.3, -0.25) is 0 Å². The first-order chi connectivity index (χ1) is 15.0. The lowest BCUT2D eigenvalue weighted by molar-refractivity contribution is 0.620. The third-order valence-electron chi connectivity index (χ3n) is 5.19. The van der Waals surface area contributed by atoms with Crippen molar-refractivity contribution in [3.05, 3.63) is 60.0 Å². The van der Waals surface area contributed by atoms with Gasteiger partial charge >= 0.3 is 0 Å². The molecular weight excluding hydrogens is 390 g/mol. The average Bonchev–Trinajstić information content (AvgIpc) is 3.31. The Balaban J connectivity index is 1.49. The summed E-state index contributed by atoms with van der Waals surface area (Å²) in [5, 5.41) is 13.1. The van der Waals surface area contributed by atoms with Crippen molar-refractivity contribution in [2.45, 2.75) is 20.4 Å². The normalized spacial score (nSPS) is 11.1. The number of nitrogens with one attached hydrogen (secondary N) is 1. The largest absolute Gasteiger partial charge is 0.423 e. The minimum Gasteiger partial charge on any atom is -0.423 e. The molecule has 0 radical (unpaired) electrons. The third kappa shape index (κ3) is 3.22. The standard InChI is InChI=1S/C23H19N7O/c1-13-9-14(2)20-18(10-13)29-23(31-20)28-16-5-3-15(4-6-16)17-11-30(8-7-24)22-19(17)21(25)26-12-27-22/h3-6,9-12H,8H2,1-2H3,(H,28,29)(H2,25,26,27). The summed E-state index contributed by atoms with van der Waals surface area (Å²) in [6.07, 6.45) is 3.29. The summed E-state index contributed by atoms with van der Waals surface area (Å²) in [5.41, 5.74) is 13.2. The molecule has 0 spiro atoms. The van der Waals surface area contributed by atoms with E-state index in [9.17, 15) is 0 Å². The monoisotopic (exact) mass is 409 g/mol. The molecule has 3 heterocycles. The minimum absolute atomic E-state index is 0.184. The highest BCUT2D eigenvalue weighted by Gasteiger charge is 2.15. The summed E-state index contributed by atoms with van der Waals surface area (Å²) in [7, 11) is 0. The van der Waals surface area contributed by atoms with Gasteiger partial charge in [0.15, 0.2) is 5.58 Å². The van der Waals surface area contributed by atoms with Crippen molar-refractivity contribution < 1.29 is 4.42 Å². The van der Waals surface area contributed by atoms with E-state index in [1.54, 1.807) is 4.57 Å². The van der Waals surface area contributed by atoms with Crippen LogP contribution in [0.5, 0.6) is 0 Å². The number of aromatic nitrogens is 4. The Morgan fingerprint density at radius 1 is 1.16 bits per heavy atom. The lowest BCUT2D eigenvalue weighted by Crippen LogP contribution is -1.97. The number of hydrogen-bond acceptors (Lipinski definition) is 7. The minimum atomic E-state index is 0.184. The molecule has 8 heteroatoms. The lowest BCUT2D eigenvalue weighted by atomic mass is 10.1. The van der Waals surface area contributed by atoms with Gasteiger partial charge in [0.05, 0.1) is 11.5 Å². The molecule has 0 atom stereocenters.